The molecule has 5 heterocycles. The highest BCUT2D eigenvalue weighted by atomic mass is 16.7. The fourth-order valence-electron chi connectivity index (χ4n) is 23.0. The molecule has 22 nitrogen and oxygen atoms in total. The van der Waals surface area contributed by atoms with Crippen molar-refractivity contribution >= 4 is 17.7 Å². The van der Waals surface area contributed by atoms with Crippen LogP contribution in [0.2, 0.25) is 0 Å². The number of H-pyrrole nitrogens is 2. The molecule has 0 radical (unpaired) electrons. The molecular formula is C68H101N9O13. The summed E-state index contributed by atoms with van der Waals surface area (Å²) >= 11 is 0. The molecule has 11 aliphatic rings. The Balaban J connectivity index is 1.04. The first kappa shape index (κ1) is 64.4. The average molecular weight is 1250 g/mol. The van der Waals surface area contributed by atoms with Crippen LogP contribution in [0.1, 0.15) is 118 Å². The fraction of sp³-hybridized carbons (Fsp3) is 0.794. The minimum Gasteiger partial charge on any atom is -0.481 e. The number of aliphatic carboxylic acids is 1. The minimum absolute atomic E-state index is 0.111. The van der Waals surface area contributed by atoms with Crippen LogP contribution in [-0.2, 0) is 30.9 Å². The van der Waals surface area contributed by atoms with E-state index >= 15 is 4.79 Å². The number of aliphatic hydroxyl groups is 8. The number of carbonyl (C=O) groups is 2. The molecule has 90 heavy (non-hydrogen) atoms. The largest absolute Gasteiger partial charge is 0.481 e. The first-order chi connectivity index (χ1) is 42.8. The number of aromatic amines is 2. The Bertz CT molecular complexity index is 3150. The summed E-state index contributed by atoms with van der Waals surface area (Å²) in [6.07, 6.45) is 4.69. The van der Waals surface area contributed by atoms with Crippen molar-refractivity contribution < 1.29 is 65.0 Å². The monoisotopic (exact) mass is 1250 g/mol. The van der Waals surface area contributed by atoms with Crippen LogP contribution in [0.5, 0.6) is 0 Å². The van der Waals surface area contributed by atoms with Crippen LogP contribution in [0.4, 0.5) is 5.82 Å². The lowest BCUT2D eigenvalue weighted by molar-refractivity contribution is -0.346. The van der Waals surface area contributed by atoms with E-state index in [1.54, 1.807) is 12.5 Å². The van der Waals surface area contributed by atoms with Crippen LogP contribution >= 0.6 is 0 Å². The molecule has 2 saturated heterocycles. The van der Waals surface area contributed by atoms with E-state index in [4.69, 9.17) is 20.2 Å². The summed E-state index contributed by atoms with van der Waals surface area (Å²) in [6.45, 7) is 16.9. The van der Waals surface area contributed by atoms with E-state index < -0.39 is 170 Å². The summed E-state index contributed by atoms with van der Waals surface area (Å²) in [5.74, 6) is 1.49. The summed E-state index contributed by atoms with van der Waals surface area (Å²) in [5, 5.41) is 123. The van der Waals surface area contributed by atoms with Gasteiger partial charge in [0.15, 0.2) is 6.29 Å². The maximum atomic E-state index is 16.2. The number of nitrogens with two attached hydrogens (primary N) is 1. The fourth-order valence-corrected chi connectivity index (χ4v) is 23.0. The highest BCUT2D eigenvalue weighted by molar-refractivity contribution is 5.88. The highest BCUT2D eigenvalue weighted by Crippen LogP contribution is 2.81. The molecule has 496 valence electrons. The Labute approximate surface area is 528 Å². The van der Waals surface area contributed by atoms with Crippen molar-refractivity contribution in [1.82, 2.24) is 35.9 Å². The summed E-state index contributed by atoms with van der Waals surface area (Å²) in [6, 6.07) is -0.922. The van der Waals surface area contributed by atoms with Gasteiger partial charge in [0.1, 0.15) is 30.4 Å². The van der Waals surface area contributed by atoms with E-state index in [1.807, 2.05) is 13.0 Å². The third-order valence-electron chi connectivity index (χ3n) is 27.4. The maximum absolute atomic E-state index is 16.2. The lowest BCUT2D eigenvalue weighted by Crippen LogP contribution is -2.76. The number of imidazole rings is 2. The molecule has 2 aromatic heterocycles. The van der Waals surface area contributed by atoms with Crippen LogP contribution in [0.15, 0.2) is 42.7 Å². The normalized spacial score (nSPS) is 48.0. The number of allylic oxidation sites excluding steroid dienone is 3. The third kappa shape index (κ3) is 8.89. The number of carboxylic acids is 1. The smallest absolute Gasteiger partial charge is 0.310 e. The minimum atomic E-state index is -1.73. The van der Waals surface area contributed by atoms with Crippen molar-refractivity contribution in [3.8, 4) is 11.8 Å². The Hall–Kier alpha value is -4.32. The van der Waals surface area contributed by atoms with Crippen LogP contribution in [0.25, 0.3) is 0 Å². The van der Waals surface area contributed by atoms with Crippen molar-refractivity contribution in [1.29, 1.82) is 0 Å². The summed E-state index contributed by atoms with van der Waals surface area (Å²) < 4.78 is 13.0. The van der Waals surface area contributed by atoms with E-state index in [-0.39, 0.29) is 31.6 Å². The number of aromatic nitrogens is 4. The molecule has 1 spiro atoms. The van der Waals surface area contributed by atoms with Gasteiger partial charge in [0.25, 0.3) is 0 Å². The van der Waals surface area contributed by atoms with Crippen LogP contribution < -0.4 is 27.0 Å². The Kier molecular flexibility index (Phi) is 16.4. The highest BCUT2D eigenvalue weighted by Gasteiger charge is 2.80. The van der Waals surface area contributed by atoms with Gasteiger partial charge in [-0.3, -0.25) is 9.59 Å². The summed E-state index contributed by atoms with van der Waals surface area (Å²) in [5.41, 5.74) is 0.564. The van der Waals surface area contributed by atoms with Crippen LogP contribution in [0.3, 0.4) is 0 Å². The molecule has 7 fully saturated rings. The molecule has 8 aliphatic carbocycles. The van der Waals surface area contributed by atoms with Crippen LogP contribution in [-0.4, -0.2) is 185 Å². The van der Waals surface area contributed by atoms with Gasteiger partial charge in [0.05, 0.1) is 72.2 Å². The van der Waals surface area contributed by atoms with Gasteiger partial charge in [-0.2, -0.15) is 0 Å². The first-order valence-electron chi connectivity index (χ1n) is 33.8. The van der Waals surface area contributed by atoms with Crippen molar-refractivity contribution in [3.63, 3.8) is 0 Å². The summed E-state index contributed by atoms with van der Waals surface area (Å²) in [7, 11) is 0. The molecule has 17 N–H and O–H groups in total. The van der Waals surface area contributed by atoms with Crippen molar-refractivity contribution in [2.24, 2.45) is 115 Å². The van der Waals surface area contributed by atoms with E-state index in [2.05, 4.69) is 102 Å². The number of nitrogens with zero attached hydrogens (tertiary/aromatic N) is 2. The molecule has 28 atom stereocenters. The SMILES string of the molecule is CC(C)CCNCCNC[C@H]([C@@H](N)O)[C@H](O)[C@@]1(c2cnc[nH]2)C=C[C@H]2[C@H]3[C@@H]1NC(=O)[C@]31CCC[C@@H]1C#C[C@H]1C=C3[C@@H]4C[C@@](C)(CO)CC[C@]4(C(=O)O)[C@@H]4CNc5nc[nH]c5C[C@@H]4[C@@]3(C)[C@]3(C)CC[C@@H]4[C@](C)(CO)[C@H](O[C@@H]5OC[C@@H](O)[C@H](O)[C@H]5O)[C@H](O)[C@H]2[C@]4(C)[C@@H]13. The van der Waals surface area contributed by atoms with Crippen LogP contribution in [0, 0.1) is 121 Å². The number of carboxylic acid groups (broad SMARTS) is 1. The number of aliphatic hydroxyl groups excluding tert-OH is 8. The molecule has 22 heteroatoms. The van der Waals surface area contributed by atoms with E-state index in [9.17, 15) is 50.8 Å². The van der Waals surface area contributed by atoms with E-state index in [0.29, 0.717) is 94.9 Å². The standard InChI is InChI=1S/C68H101N9O13/c1-34(2)14-20-70-21-22-71-26-38(56(69)85)54(84)68(46-28-72-32-75-46)17-12-37-47-50(82)55(90-58-51(83)49(81)44(80)29-89-58)62(4,31-79)45-13-16-63(5)52(64(45,47)6)35(10-11-36-9-8-15-66(36)48(37)53(68)77-59(66)86)23-39-41-25-61(3,30-78)18-19-67(41,60(87)88)42-27-73-57-43(74-33-76-57)24-40(42)65(39,63)7/h12,17,23,28,32-38,40-42,44-45,47-56,58,70-71,73,78-85H,8-9,13-16,18-22,24-27,29-31,69H2,1-7H3,(H,72,75)(H,74,76)(H,77,86)(H,87,88)/t35-,36+,37+,38-,40-,41-,42+,44+,45+,47-,48-,49-,50+,51+,52-,53-,54-,55+,56-,58-,61-,62-,63+,64+,65-,66-,67+,68+/m0/s1. The maximum Gasteiger partial charge on any atom is 0.310 e. The average Bonchev–Trinajstić information content (AvgIpc) is 0.829. The van der Waals surface area contributed by atoms with Gasteiger partial charge in [-0.15, -0.1) is 0 Å². The molecule has 0 unspecified atom stereocenters. The van der Waals surface area contributed by atoms with E-state index in [0.717, 1.165) is 24.2 Å². The topological polar surface area (TPSA) is 366 Å². The van der Waals surface area contributed by atoms with Gasteiger partial charge in [-0.1, -0.05) is 90.5 Å². The third-order valence-corrected chi connectivity index (χ3v) is 27.4. The Morgan fingerprint density at radius 1 is 0.922 bits per heavy atom. The van der Waals surface area contributed by atoms with Gasteiger partial charge in [0, 0.05) is 79.7 Å². The zero-order chi connectivity index (χ0) is 64.0. The second-order valence-corrected chi connectivity index (χ2v) is 31.6. The number of nitrogens with one attached hydrogen (secondary N) is 6. The van der Waals surface area contributed by atoms with E-state index in [1.165, 1.54) is 6.33 Å². The lowest BCUT2D eigenvalue weighted by Gasteiger charge is -2.76. The molecule has 0 aromatic carbocycles. The second-order valence-electron chi connectivity index (χ2n) is 31.6. The molecule has 0 bridgehead atoms. The zero-order valence-electron chi connectivity index (χ0n) is 53.4. The quantitative estimate of drug-likeness (QED) is 0.0355. The number of hydrogen-bond acceptors (Lipinski definition) is 18. The molecule has 2 aromatic rings. The number of anilines is 1. The molecule has 3 aliphatic heterocycles. The van der Waals surface area contributed by atoms with Crippen molar-refractivity contribution in [3.05, 3.63) is 54.0 Å². The molecule has 13 rings (SSSR count). The number of fused-ring (bicyclic) bond motifs is 9. The van der Waals surface area contributed by atoms with Crippen molar-refractivity contribution in [2.45, 2.75) is 173 Å². The molecule has 5 saturated carbocycles. The Morgan fingerprint density at radius 2 is 1.70 bits per heavy atom. The number of ether oxygens (including phenoxy) is 2. The van der Waals surface area contributed by atoms with Gasteiger partial charge in [-0.05, 0) is 127 Å². The van der Waals surface area contributed by atoms with Gasteiger partial charge < -0.3 is 92.4 Å². The summed E-state index contributed by atoms with van der Waals surface area (Å²) in [4.78, 5) is 47.1. The predicted octanol–water partition coefficient (Wildman–Crippen LogP) is 2.15. The predicted molar refractivity (Wildman–Crippen MR) is 331 cm³/mol. The number of carbonyl (C=O) groups excluding carboxylic acids is 1. The lowest BCUT2D eigenvalue weighted by atomic mass is 9.27. The number of rotatable bonds is 17. The Morgan fingerprint density at radius 3 is 2.41 bits per heavy atom. The number of amides is 1. The second kappa shape index (κ2) is 23.0. The number of hydrogen-bond donors (Lipinski definition) is 16. The van der Waals surface area contributed by atoms with Crippen molar-refractivity contribution in [2.75, 3.05) is 57.9 Å². The zero-order valence-corrected chi connectivity index (χ0v) is 53.4. The first-order valence-corrected chi connectivity index (χ1v) is 33.8. The van der Waals surface area contributed by atoms with Gasteiger partial charge in [-0.25, -0.2) is 9.97 Å². The molecule has 1 amide bonds. The molecular weight excluding hydrogens is 1150 g/mol. The van der Waals surface area contributed by atoms with Gasteiger partial charge >= 0.3 is 5.97 Å². The van der Waals surface area contributed by atoms with Gasteiger partial charge in [0.2, 0.25) is 5.91 Å².